The molecule has 1 aliphatic rings. The molecule has 13 heavy (non-hydrogen) atoms. The molecule has 2 unspecified atom stereocenters. The van der Waals surface area contributed by atoms with Crippen molar-refractivity contribution < 1.29 is 4.74 Å². The highest BCUT2D eigenvalue weighted by molar-refractivity contribution is 4.79. The van der Waals surface area contributed by atoms with Gasteiger partial charge in [-0.1, -0.05) is 6.92 Å². The minimum atomic E-state index is 0.395. The molecule has 1 heterocycles. The van der Waals surface area contributed by atoms with Crippen molar-refractivity contribution in [1.82, 2.24) is 10.2 Å². The van der Waals surface area contributed by atoms with Gasteiger partial charge < -0.3 is 15.0 Å². The Morgan fingerprint density at radius 3 is 2.85 bits per heavy atom. The molecule has 0 aromatic rings. The molecule has 3 nitrogen and oxygen atoms in total. The van der Waals surface area contributed by atoms with Crippen LogP contribution in [0, 0.1) is 0 Å². The van der Waals surface area contributed by atoms with E-state index in [-0.39, 0.29) is 0 Å². The predicted molar refractivity (Wildman–Crippen MR) is 55.0 cm³/mol. The molecule has 1 saturated heterocycles. The predicted octanol–water partition coefficient (Wildman–Crippen LogP) is 0.705. The first-order chi connectivity index (χ1) is 6.24. The number of likely N-dealkylation sites (N-methyl/N-ethyl adjacent to an activating group) is 1. The van der Waals surface area contributed by atoms with Crippen LogP contribution in [0.4, 0.5) is 0 Å². The Balaban J connectivity index is 2.05. The Bertz CT molecular complexity index is 141. The van der Waals surface area contributed by atoms with Crippen molar-refractivity contribution in [2.45, 2.75) is 32.4 Å². The van der Waals surface area contributed by atoms with Gasteiger partial charge in [-0.25, -0.2) is 0 Å². The molecule has 0 saturated carbocycles. The second-order valence-electron chi connectivity index (χ2n) is 3.82. The highest BCUT2D eigenvalue weighted by Gasteiger charge is 2.22. The smallest absolute Gasteiger partial charge is 0.0700 e. The van der Waals surface area contributed by atoms with Crippen LogP contribution in [-0.4, -0.2) is 50.3 Å². The van der Waals surface area contributed by atoms with Crippen LogP contribution in [0.25, 0.3) is 0 Å². The van der Waals surface area contributed by atoms with E-state index < -0.39 is 0 Å². The number of nitrogens with zero attached hydrogens (tertiary/aromatic N) is 1. The molecule has 1 N–H and O–H groups in total. The molecule has 0 aromatic carbocycles. The van der Waals surface area contributed by atoms with Crippen molar-refractivity contribution in [3.05, 3.63) is 0 Å². The van der Waals surface area contributed by atoms with E-state index in [4.69, 9.17) is 4.74 Å². The van der Waals surface area contributed by atoms with E-state index in [0.717, 1.165) is 32.7 Å². The van der Waals surface area contributed by atoms with Crippen LogP contribution < -0.4 is 5.32 Å². The summed E-state index contributed by atoms with van der Waals surface area (Å²) in [6, 6.07) is 0.574. The van der Waals surface area contributed by atoms with Gasteiger partial charge in [0.1, 0.15) is 0 Å². The largest absolute Gasteiger partial charge is 0.377 e. The quantitative estimate of drug-likeness (QED) is 0.684. The third kappa shape index (κ3) is 3.63. The van der Waals surface area contributed by atoms with Crippen molar-refractivity contribution in [3.63, 3.8) is 0 Å². The lowest BCUT2D eigenvalue weighted by Gasteiger charge is -2.19. The number of hydrogen-bond donors (Lipinski definition) is 1. The van der Waals surface area contributed by atoms with Crippen molar-refractivity contribution in [2.24, 2.45) is 0 Å². The Labute approximate surface area is 81.4 Å². The van der Waals surface area contributed by atoms with Gasteiger partial charge in [0.25, 0.3) is 0 Å². The summed E-state index contributed by atoms with van der Waals surface area (Å²) in [5, 5.41) is 3.53. The standard InChI is InChI=1S/C10H22N2O/c1-4-12(3)7-6-11-10-5-8-13-9(10)2/h9-11H,4-8H2,1-3H3. The third-order valence-corrected chi connectivity index (χ3v) is 2.82. The van der Waals surface area contributed by atoms with Gasteiger partial charge in [-0.05, 0) is 26.9 Å². The molecule has 0 spiro atoms. The van der Waals surface area contributed by atoms with Crippen molar-refractivity contribution in [2.75, 3.05) is 33.3 Å². The maximum atomic E-state index is 5.47. The molecular formula is C10H22N2O. The third-order valence-electron chi connectivity index (χ3n) is 2.82. The summed E-state index contributed by atoms with van der Waals surface area (Å²) < 4.78 is 5.47. The highest BCUT2D eigenvalue weighted by Crippen LogP contribution is 2.11. The van der Waals surface area contributed by atoms with Crippen LogP contribution in [0.1, 0.15) is 20.3 Å². The van der Waals surface area contributed by atoms with Gasteiger partial charge in [0.05, 0.1) is 6.10 Å². The minimum Gasteiger partial charge on any atom is -0.377 e. The van der Waals surface area contributed by atoms with E-state index in [1.807, 2.05) is 0 Å². The minimum absolute atomic E-state index is 0.395. The molecule has 2 atom stereocenters. The number of rotatable bonds is 5. The van der Waals surface area contributed by atoms with Gasteiger partial charge in [-0.3, -0.25) is 0 Å². The van der Waals surface area contributed by atoms with E-state index >= 15 is 0 Å². The zero-order valence-electron chi connectivity index (χ0n) is 9.05. The fraction of sp³-hybridized carbons (Fsp3) is 1.00. The topological polar surface area (TPSA) is 24.5 Å². The lowest BCUT2D eigenvalue weighted by Crippen LogP contribution is -2.39. The Hall–Kier alpha value is -0.120. The van der Waals surface area contributed by atoms with Crippen LogP contribution in [0.5, 0.6) is 0 Å². The molecule has 1 rings (SSSR count). The Morgan fingerprint density at radius 1 is 1.54 bits per heavy atom. The molecule has 0 radical (unpaired) electrons. The lowest BCUT2D eigenvalue weighted by molar-refractivity contribution is 0.113. The first-order valence-electron chi connectivity index (χ1n) is 5.27. The van der Waals surface area contributed by atoms with Gasteiger partial charge >= 0.3 is 0 Å². The molecule has 0 aromatic heterocycles. The summed E-state index contributed by atoms with van der Waals surface area (Å²) in [5.74, 6) is 0. The molecule has 0 bridgehead atoms. The van der Waals surface area contributed by atoms with E-state index in [9.17, 15) is 0 Å². The zero-order valence-corrected chi connectivity index (χ0v) is 9.05. The summed E-state index contributed by atoms with van der Waals surface area (Å²) in [6.45, 7) is 8.57. The highest BCUT2D eigenvalue weighted by atomic mass is 16.5. The summed E-state index contributed by atoms with van der Waals surface area (Å²) in [6.07, 6.45) is 1.56. The lowest BCUT2D eigenvalue weighted by atomic mass is 10.1. The maximum Gasteiger partial charge on any atom is 0.0700 e. The van der Waals surface area contributed by atoms with E-state index in [1.165, 1.54) is 0 Å². The van der Waals surface area contributed by atoms with E-state index in [0.29, 0.717) is 12.1 Å². The SMILES string of the molecule is CCN(C)CCNC1CCOC1C. The number of nitrogens with one attached hydrogen (secondary N) is 1. The first kappa shape index (κ1) is 11.0. The van der Waals surface area contributed by atoms with Crippen molar-refractivity contribution >= 4 is 0 Å². The summed E-state index contributed by atoms with van der Waals surface area (Å²) in [7, 11) is 2.15. The van der Waals surface area contributed by atoms with Gasteiger partial charge in [0, 0.05) is 25.7 Å². The van der Waals surface area contributed by atoms with Crippen LogP contribution in [0.3, 0.4) is 0 Å². The van der Waals surface area contributed by atoms with Gasteiger partial charge in [0.15, 0.2) is 0 Å². The normalized spacial score (nSPS) is 28.6. The molecule has 0 amide bonds. The van der Waals surface area contributed by atoms with Crippen LogP contribution in [-0.2, 0) is 4.74 Å². The van der Waals surface area contributed by atoms with Crippen LogP contribution in [0.15, 0.2) is 0 Å². The number of ether oxygens (including phenoxy) is 1. The average molecular weight is 186 g/mol. The van der Waals surface area contributed by atoms with E-state index in [1.54, 1.807) is 0 Å². The van der Waals surface area contributed by atoms with E-state index in [2.05, 4.69) is 31.1 Å². The second kappa shape index (κ2) is 5.58. The zero-order chi connectivity index (χ0) is 9.68. The average Bonchev–Trinajstić information content (AvgIpc) is 2.52. The van der Waals surface area contributed by atoms with Crippen LogP contribution in [0.2, 0.25) is 0 Å². The van der Waals surface area contributed by atoms with Gasteiger partial charge in [-0.15, -0.1) is 0 Å². The van der Waals surface area contributed by atoms with Gasteiger partial charge in [0.2, 0.25) is 0 Å². The summed E-state index contributed by atoms with van der Waals surface area (Å²) in [4.78, 5) is 2.31. The Morgan fingerprint density at radius 2 is 2.31 bits per heavy atom. The molecule has 1 aliphatic heterocycles. The molecule has 3 heteroatoms. The molecule has 0 aliphatic carbocycles. The fourth-order valence-electron chi connectivity index (χ4n) is 1.60. The molecule has 1 fully saturated rings. The fourth-order valence-corrected chi connectivity index (χ4v) is 1.60. The monoisotopic (exact) mass is 186 g/mol. The van der Waals surface area contributed by atoms with Crippen molar-refractivity contribution in [1.29, 1.82) is 0 Å². The van der Waals surface area contributed by atoms with Gasteiger partial charge in [-0.2, -0.15) is 0 Å². The summed E-state index contributed by atoms with van der Waals surface area (Å²) in [5.41, 5.74) is 0. The summed E-state index contributed by atoms with van der Waals surface area (Å²) >= 11 is 0. The van der Waals surface area contributed by atoms with Crippen molar-refractivity contribution in [3.8, 4) is 0 Å². The Kier molecular flexibility index (Phi) is 4.70. The molecule has 78 valence electrons. The van der Waals surface area contributed by atoms with Crippen LogP contribution >= 0.6 is 0 Å². The second-order valence-corrected chi connectivity index (χ2v) is 3.82. The number of hydrogen-bond acceptors (Lipinski definition) is 3. The molecular weight excluding hydrogens is 164 g/mol. The first-order valence-corrected chi connectivity index (χ1v) is 5.27. The maximum absolute atomic E-state index is 5.47.